The minimum Gasteiger partial charge on any atom is -0.385 e. The number of para-hydroxylation sites is 1. The van der Waals surface area contributed by atoms with E-state index in [2.05, 4.69) is 64.2 Å². The Morgan fingerprint density at radius 2 is 1.83 bits per heavy atom. The number of hydrogen-bond donors (Lipinski definition) is 1. The lowest BCUT2D eigenvalue weighted by molar-refractivity contribution is -0.873. The molecule has 1 N–H and O–H groups in total. The van der Waals surface area contributed by atoms with Gasteiger partial charge in [0.1, 0.15) is 12.6 Å². The van der Waals surface area contributed by atoms with E-state index in [0.717, 1.165) is 17.6 Å². The maximum absolute atomic E-state index is 10.2. The smallest absolute Gasteiger partial charge is 0.120 e. The third kappa shape index (κ3) is 4.67. The first-order valence-corrected chi connectivity index (χ1v) is 6.62. The van der Waals surface area contributed by atoms with Gasteiger partial charge in [-0.1, -0.05) is 18.2 Å². The van der Waals surface area contributed by atoms with Crippen molar-refractivity contribution < 1.29 is 9.59 Å². The lowest BCUT2D eigenvalue weighted by atomic mass is 10.1. The van der Waals surface area contributed by atoms with Gasteiger partial charge in [-0.3, -0.25) is 0 Å². The highest BCUT2D eigenvalue weighted by Crippen LogP contribution is 2.19. The van der Waals surface area contributed by atoms with E-state index in [9.17, 15) is 5.11 Å². The van der Waals surface area contributed by atoms with Gasteiger partial charge in [0.15, 0.2) is 0 Å². The summed E-state index contributed by atoms with van der Waals surface area (Å²) >= 11 is 0. The number of likely N-dealkylation sites (N-methyl/N-ethyl adjacent to an activating group) is 2. The molecule has 0 spiro atoms. The normalized spacial score (nSPS) is 13.4. The van der Waals surface area contributed by atoms with Crippen molar-refractivity contribution in [1.82, 2.24) is 0 Å². The molecule has 0 bridgehead atoms. The second-order valence-corrected chi connectivity index (χ2v) is 5.95. The summed E-state index contributed by atoms with van der Waals surface area (Å²) < 4.78 is 0.784. The van der Waals surface area contributed by atoms with Gasteiger partial charge in [-0.25, -0.2) is 0 Å². The van der Waals surface area contributed by atoms with Crippen molar-refractivity contribution in [3.05, 3.63) is 29.8 Å². The monoisotopic (exact) mass is 251 g/mol. The summed E-state index contributed by atoms with van der Waals surface area (Å²) in [6.07, 6.45) is -0.301. The first-order valence-electron chi connectivity index (χ1n) is 6.62. The summed E-state index contributed by atoms with van der Waals surface area (Å²) in [7, 11) is 6.31. The van der Waals surface area contributed by atoms with Crippen LogP contribution in [0, 0.1) is 6.92 Å². The first-order chi connectivity index (χ1) is 8.33. The van der Waals surface area contributed by atoms with Gasteiger partial charge in [0, 0.05) is 18.8 Å². The molecule has 18 heavy (non-hydrogen) atoms. The quantitative estimate of drug-likeness (QED) is 0.781. The number of hydrogen-bond acceptors (Lipinski definition) is 2. The van der Waals surface area contributed by atoms with E-state index >= 15 is 0 Å². The van der Waals surface area contributed by atoms with Crippen LogP contribution in [-0.2, 0) is 0 Å². The molecule has 0 heterocycles. The van der Waals surface area contributed by atoms with Crippen LogP contribution in [0.4, 0.5) is 5.69 Å². The molecule has 3 heteroatoms. The Bertz CT molecular complexity index is 371. The highest BCUT2D eigenvalue weighted by atomic mass is 16.3. The van der Waals surface area contributed by atoms with Crippen molar-refractivity contribution in [2.75, 3.05) is 45.7 Å². The molecule has 3 nitrogen and oxygen atoms in total. The SMILES string of the molecule is CCN(CC(O)C[N+](C)(C)C)c1ccccc1C. The number of anilines is 1. The highest BCUT2D eigenvalue weighted by Gasteiger charge is 2.18. The molecule has 1 rings (SSSR count). The topological polar surface area (TPSA) is 23.5 Å². The molecule has 1 unspecified atom stereocenters. The molecule has 0 fully saturated rings. The second kappa shape index (κ2) is 6.21. The fourth-order valence-corrected chi connectivity index (χ4v) is 2.26. The van der Waals surface area contributed by atoms with Crippen LogP contribution in [0.2, 0.25) is 0 Å². The average Bonchev–Trinajstić information content (AvgIpc) is 2.24. The van der Waals surface area contributed by atoms with Crippen LogP contribution in [0.15, 0.2) is 24.3 Å². The van der Waals surface area contributed by atoms with Crippen LogP contribution in [0.25, 0.3) is 0 Å². The van der Waals surface area contributed by atoms with Gasteiger partial charge in [-0.05, 0) is 25.5 Å². The van der Waals surface area contributed by atoms with Crippen LogP contribution in [0.1, 0.15) is 12.5 Å². The van der Waals surface area contributed by atoms with Crippen molar-refractivity contribution in [2.45, 2.75) is 20.0 Å². The molecule has 0 aliphatic heterocycles. The summed E-state index contributed by atoms with van der Waals surface area (Å²) in [5.41, 5.74) is 2.48. The Labute approximate surface area is 111 Å². The lowest BCUT2D eigenvalue weighted by Crippen LogP contribution is -2.46. The van der Waals surface area contributed by atoms with Crippen molar-refractivity contribution in [2.24, 2.45) is 0 Å². The Morgan fingerprint density at radius 3 is 2.33 bits per heavy atom. The van der Waals surface area contributed by atoms with Crippen LogP contribution >= 0.6 is 0 Å². The van der Waals surface area contributed by atoms with E-state index in [0.29, 0.717) is 6.54 Å². The van der Waals surface area contributed by atoms with Gasteiger partial charge in [0.25, 0.3) is 0 Å². The number of aliphatic hydroxyl groups is 1. The molecule has 0 aliphatic rings. The predicted octanol–water partition coefficient (Wildman–Crippen LogP) is 1.89. The summed E-state index contributed by atoms with van der Waals surface area (Å²) in [6, 6.07) is 8.34. The maximum Gasteiger partial charge on any atom is 0.120 e. The molecule has 0 aliphatic carbocycles. The largest absolute Gasteiger partial charge is 0.385 e. The number of aryl methyl sites for hydroxylation is 1. The van der Waals surface area contributed by atoms with Crippen molar-refractivity contribution in [3.63, 3.8) is 0 Å². The highest BCUT2D eigenvalue weighted by molar-refractivity contribution is 5.52. The summed E-state index contributed by atoms with van der Waals surface area (Å²) in [4.78, 5) is 2.25. The zero-order chi connectivity index (χ0) is 13.8. The standard InChI is InChI=1S/C15H27N2O/c1-6-16(11-14(18)12-17(3,4)5)15-10-8-7-9-13(15)2/h7-10,14,18H,6,11-12H2,1-5H3/q+1. The zero-order valence-corrected chi connectivity index (χ0v) is 12.3. The van der Waals surface area contributed by atoms with Gasteiger partial charge in [-0.2, -0.15) is 0 Å². The summed E-state index contributed by atoms with van der Waals surface area (Å²) in [5.74, 6) is 0. The molecule has 1 aromatic carbocycles. The minimum atomic E-state index is -0.301. The van der Waals surface area contributed by atoms with Crippen molar-refractivity contribution in [3.8, 4) is 0 Å². The van der Waals surface area contributed by atoms with Crippen LogP contribution in [-0.4, -0.2) is 56.5 Å². The predicted molar refractivity (Wildman–Crippen MR) is 78.0 cm³/mol. The van der Waals surface area contributed by atoms with Crippen molar-refractivity contribution >= 4 is 5.69 Å². The number of aliphatic hydroxyl groups excluding tert-OH is 1. The molecule has 0 saturated heterocycles. The molecule has 0 aromatic heterocycles. The van der Waals surface area contributed by atoms with E-state index in [-0.39, 0.29) is 6.10 Å². The molecule has 0 saturated carbocycles. The Balaban J connectivity index is 2.71. The maximum atomic E-state index is 10.2. The van der Waals surface area contributed by atoms with E-state index in [1.807, 2.05) is 0 Å². The fourth-order valence-electron chi connectivity index (χ4n) is 2.26. The number of benzene rings is 1. The zero-order valence-electron chi connectivity index (χ0n) is 12.3. The van der Waals surface area contributed by atoms with Gasteiger partial charge < -0.3 is 14.5 Å². The van der Waals surface area contributed by atoms with Crippen LogP contribution in [0.3, 0.4) is 0 Å². The van der Waals surface area contributed by atoms with Gasteiger partial charge >= 0.3 is 0 Å². The Morgan fingerprint density at radius 1 is 1.22 bits per heavy atom. The molecule has 1 atom stereocenters. The molecule has 0 amide bonds. The number of nitrogens with zero attached hydrogens (tertiary/aromatic N) is 2. The Hall–Kier alpha value is -1.06. The third-order valence-corrected chi connectivity index (χ3v) is 3.03. The van der Waals surface area contributed by atoms with Gasteiger partial charge in [0.05, 0.1) is 21.1 Å². The molecular formula is C15H27N2O+. The summed E-state index contributed by atoms with van der Waals surface area (Å²) in [5, 5.41) is 10.2. The molecular weight excluding hydrogens is 224 g/mol. The average molecular weight is 251 g/mol. The second-order valence-electron chi connectivity index (χ2n) is 5.95. The van der Waals surface area contributed by atoms with E-state index in [4.69, 9.17) is 0 Å². The van der Waals surface area contributed by atoms with E-state index in [1.165, 1.54) is 11.3 Å². The first kappa shape index (κ1) is 15.0. The van der Waals surface area contributed by atoms with Crippen LogP contribution < -0.4 is 4.90 Å². The lowest BCUT2D eigenvalue weighted by Gasteiger charge is -2.31. The van der Waals surface area contributed by atoms with Crippen LogP contribution in [0.5, 0.6) is 0 Å². The van der Waals surface area contributed by atoms with E-state index in [1.54, 1.807) is 0 Å². The molecule has 0 radical (unpaired) electrons. The van der Waals surface area contributed by atoms with Gasteiger partial charge in [-0.15, -0.1) is 0 Å². The molecule has 1 aromatic rings. The molecule has 102 valence electrons. The Kier molecular flexibility index (Phi) is 5.17. The van der Waals surface area contributed by atoms with Gasteiger partial charge in [0.2, 0.25) is 0 Å². The number of rotatable bonds is 6. The number of quaternary nitrogens is 1. The fraction of sp³-hybridized carbons (Fsp3) is 0.600. The third-order valence-electron chi connectivity index (χ3n) is 3.03. The minimum absolute atomic E-state index is 0.301. The summed E-state index contributed by atoms with van der Waals surface area (Å²) in [6.45, 7) is 6.62. The van der Waals surface area contributed by atoms with Crippen molar-refractivity contribution in [1.29, 1.82) is 0 Å². The van der Waals surface area contributed by atoms with E-state index < -0.39 is 0 Å².